The molecule has 1 saturated carbocycles. The zero-order chi connectivity index (χ0) is 19.9. The molecule has 3 nitrogen and oxygen atoms in total. The van der Waals surface area contributed by atoms with Crippen LogP contribution < -0.4 is 0 Å². The predicted octanol–water partition coefficient (Wildman–Crippen LogP) is 6.08. The minimum atomic E-state index is -0.384. The quantitative estimate of drug-likeness (QED) is 0.376. The van der Waals surface area contributed by atoms with Crippen molar-refractivity contribution < 1.29 is 4.79 Å². The number of aliphatic imine (C=N–C) groups is 1. The average molecular weight is 371 g/mol. The lowest BCUT2D eigenvalue weighted by Gasteiger charge is -2.48. The maximum absolute atomic E-state index is 12.4. The van der Waals surface area contributed by atoms with Crippen molar-refractivity contribution in [2.75, 3.05) is 0 Å². The van der Waals surface area contributed by atoms with E-state index in [-0.39, 0.29) is 11.7 Å². The average Bonchev–Trinajstić information content (AvgIpc) is 2.87. The first kappa shape index (κ1) is 21.7. The molecule has 0 saturated heterocycles. The molecule has 3 heteroatoms. The van der Waals surface area contributed by atoms with Crippen LogP contribution in [0.25, 0.3) is 0 Å². The largest absolute Gasteiger partial charge is 0.313 e. The number of amides is 1. The van der Waals surface area contributed by atoms with Crippen LogP contribution >= 0.6 is 0 Å². The highest BCUT2D eigenvalue weighted by Crippen LogP contribution is 2.42. The van der Waals surface area contributed by atoms with Gasteiger partial charge in [0, 0.05) is 0 Å². The summed E-state index contributed by atoms with van der Waals surface area (Å²) in [7, 11) is 0. The van der Waals surface area contributed by atoms with E-state index in [0.29, 0.717) is 5.92 Å². The van der Waals surface area contributed by atoms with Crippen LogP contribution in [-0.4, -0.2) is 29.2 Å². The maximum Gasteiger partial charge on any atom is 0.212 e. The van der Waals surface area contributed by atoms with Crippen molar-refractivity contribution in [3.63, 3.8) is 0 Å². The summed E-state index contributed by atoms with van der Waals surface area (Å²) < 4.78 is 0. The Morgan fingerprint density at radius 1 is 1.26 bits per heavy atom. The zero-order valence-electron chi connectivity index (χ0n) is 17.9. The molecule has 0 radical (unpaired) electrons. The summed E-state index contributed by atoms with van der Waals surface area (Å²) in [5.41, 5.74) is 2.16. The molecule has 150 valence electrons. The molecule has 0 aromatic heterocycles. The van der Waals surface area contributed by atoms with Crippen LogP contribution in [0.4, 0.5) is 0 Å². The number of carbonyl (C=O) groups excluding carboxylic acids is 1. The fourth-order valence-corrected chi connectivity index (χ4v) is 4.66. The van der Waals surface area contributed by atoms with Crippen LogP contribution in [-0.2, 0) is 4.79 Å². The molecule has 0 heterocycles. The van der Waals surface area contributed by atoms with Crippen molar-refractivity contribution in [3.8, 4) is 0 Å². The molecule has 1 fully saturated rings. The molecule has 2 rings (SSSR count). The van der Waals surface area contributed by atoms with Gasteiger partial charge >= 0.3 is 0 Å². The van der Waals surface area contributed by atoms with Crippen molar-refractivity contribution in [2.45, 2.75) is 91.3 Å². The minimum Gasteiger partial charge on any atom is -0.313 e. The number of hydrogen-bond donors (Lipinski definition) is 0. The smallest absolute Gasteiger partial charge is 0.212 e. The highest BCUT2D eigenvalue weighted by atomic mass is 16.1. The molecule has 0 aromatic carbocycles. The van der Waals surface area contributed by atoms with Gasteiger partial charge in [0.2, 0.25) is 6.41 Å². The van der Waals surface area contributed by atoms with Gasteiger partial charge in [-0.25, -0.2) is 0 Å². The van der Waals surface area contributed by atoms with Gasteiger partial charge in [0.25, 0.3) is 0 Å². The molecule has 0 spiro atoms. The van der Waals surface area contributed by atoms with Crippen molar-refractivity contribution in [1.29, 1.82) is 0 Å². The van der Waals surface area contributed by atoms with Gasteiger partial charge in [0.15, 0.2) is 0 Å². The summed E-state index contributed by atoms with van der Waals surface area (Å²) in [6.07, 6.45) is 19.1. The lowest BCUT2D eigenvalue weighted by molar-refractivity contribution is -0.128. The lowest BCUT2D eigenvalue weighted by atomic mass is 9.75. The minimum absolute atomic E-state index is 0.0994. The highest BCUT2D eigenvalue weighted by Gasteiger charge is 2.43. The number of carbonyl (C=O) groups is 1. The summed E-state index contributed by atoms with van der Waals surface area (Å²) in [6, 6.07) is 0.0994. The monoisotopic (exact) mass is 370 g/mol. The third-order valence-corrected chi connectivity index (χ3v) is 6.35. The van der Waals surface area contributed by atoms with Gasteiger partial charge in [-0.15, -0.1) is 0 Å². The molecule has 0 aliphatic heterocycles. The Balaban J connectivity index is 2.34. The van der Waals surface area contributed by atoms with E-state index in [1.165, 1.54) is 11.1 Å². The molecule has 2 aliphatic rings. The topological polar surface area (TPSA) is 32.7 Å². The molecule has 27 heavy (non-hydrogen) atoms. The lowest BCUT2D eigenvalue weighted by Crippen LogP contribution is -2.54. The Kier molecular flexibility index (Phi) is 8.07. The second-order valence-electron chi connectivity index (χ2n) is 8.49. The Bertz CT molecular complexity index is 604. The van der Waals surface area contributed by atoms with Crippen LogP contribution in [0.2, 0.25) is 0 Å². The van der Waals surface area contributed by atoms with E-state index in [0.717, 1.165) is 57.3 Å². The molecular weight excluding hydrogens is 332 g/mol. The Labute approximate surface area is 166 Å². The van der Waals surface area contributed by atoms with Gasteiger partial charge in [0.1, 0.15) is 5.66 Å². The summed E-state index contributed by atoms with van der Waals surface area (Å²) in [5, 5.41) is 0. The van der Waals surface area contributed by atoms with Gasteiger partial charge in [-0.3, -0.25) is 9.79 Å². The maximum atomic E-state index is 12.4. The van der Waals surface area contributed by atoms with Gasteiger partial charge in [-0.1, -0.05) is 57.1 Å². The molecule has 2 aliphatic carbocycles. The Morgan fingerprint density at radius 2 is 1.96 bits per heavy atom. The standard InChI is InChI=1S/C24H38N2O/c1-6-9-23(22-11-8-10-20(5)12-13-22)26(18-27)24(25-7-2)16-14-21(15-17-24)19(3)4/h7,10-13,18-19,21,23H,6,8-9,14-17H2,1-5H3/b25-7-. The summed E-state index contributed by atoms with van der Waals surface area (Å²) >= 11 is 0. The fourth-order valence-electron chi connectivity index (χ4n) is 4.66. The first-order valence-electron chi connectivity index (χ1n) is 10.8. The third kappa shape index (κ3) is 5.21. The summed E-state index contributed by atoms with van der Waals surface area (Å²) in [4.78, 5) is 19.4. The SMILES string of the molecule is C/C=N\C1(N(C=O)C(CCC)C2=CCC=C(C)C=C2)CCC(C(C)C)CC1. The van der Waals surface area contributed by atoms with Crippen molar-refractivity contribution in [1.82, 2.24) is 4.90 Å². The van der Waals surface area contributed by atoms with E-state index in [1.807, 2.05) is 13.1 Å². The van der Waals surface area contributed by atoms with Crippen LogP contribution in [0.5, 0.6) is 0 Å². The van der Waals surface area contributed by atoms with Gasteiger partial charge in [-0.2, -0.15) is 0 Å². The molecule has 0 N–H and O–H groups in total. The fraction of sp³-hybridized carbons (Fsp3) is 0.667. The molecule has 1 unspecified atom stereocenters. The second-order valence-corrected chi connectivity index (χ2v) is 8.49. The van der Waals surface area contributed by atoms with Crippen LogP contribution in [0.1, 0.15) is 79.6 Å². The second kappa shape index (κ2) is 10.1. The van der Waals surface area contributed by atoms with Crippen molar-refractivity contribution in [2.24, 2.45) is 16.8 Å². The van der Waals surface area contributed by atoms with Gasteiger partial charge in [-0.05, 0) is 76.0 Å². The van der Waals surface area contributed by atoms with E-state index in [9.17, 15) is 4.79 Å². The first-order valence-corrected chi connectivity index (χ1v) is 10.8. The van der Waals surface area contributed by atoms with Crippen molar-refractivity contribution >= 4 is 12.6 Å². The normalized spacial score (nSPS) is 27.3. The van der Waals surface area contributed by atoms with Crippen molar-refractivity contribution in [3.05, 3.63) is 35.5 Å². The Morgan fingerprint density at radius 3 is 2.52 bits per heavy atom. The van der Waals surface area contributed by atoms with Gasteiger partial charge < -0.3 is 4.90 Å². The van der Waals surface area contributed by atoms with Crippen LogP contribution in [0.15, 0.2) is 40.4 Å². The number of hydrogen-bond acceptors (Lipinski definition) is 2. The summed E-state index contributed by atoms with van der Waals surface area (Å²) in [6.45, 7) is 10.9. The highest BCUT2D eigenvalue weighted by molar-refractivity contribution is 5.57. The molecular formula is C24H38N2O. The van der Waals surface area contributed by atoms with Crippen LogP contribution in [0, 0.1) is 11.8 Å². The zero-order valence-corrected chi connectivity index (χ0v) is 17.9. The summed E-state index contributed by atoms with van der Waals surface area (Å²) in [5.74, 6) is 1.44. The van der Waals surface area contributed by atoms with E-state index < -0.39 is 0 Å². The Hall–Kier alpha value is -1.64. The number of allylic oxidation sites excluding steroid dienone is 4. The molecule has 1 atom stereocenters. The predicted molar refractivity (Wildman–Crippen MR) is 116 cm³/mol. The van der Waals surface area contributed by atoms with Gasteiger partial charge in [0.05, 0.1) is 6.04 Å². The van der Waals surface area contributed by atoms with E-state index >= 15 is 0 Å². The van der Waals surface area contributed by atoms with E-state index in [1.54, 1.807) is 0 Å². The molecule has 0 bridgehead atoms. The number of rotatable bonds is 8. The van der Waals surface area contributed by atoms with E-state index in [4.69, 9.17) is 4.99 Å². The third-order valence-electron chi connectivity index (χ3n) is 6.35. The first-order chi connectivity index (χ1) is 13.0. The molecule has 0 aromatic rings. The number of nitrogens with zero attached hydrogens (tertiary/aromatic N) is 2. The molecule has 1 amide bonds. The van der Waals surface area contributed by atoms with E-state index in [2.05, 4.69) is 56.9 Å². The van der Waals surface area contributed by atoms with Crippen LogP contribution in [0.3, 0.4) is 0 Å².